The fraction of sp³-hybridized carbons (Fsp3) is 0.250. The van der Waals surface area contributed by atoms with Crippen molar-refractivity contribution in [1.82, 2.24) is 0 Å². The lowest BCUT2D eigenvalue weighted by atomic mass is 10.3. The maximum absolute atomic E-state index is 10.1. The highest BCUT2D eigenvalue weighted by Gasteiger charge is 2.01. The summed E-state index contributed by atoms with van der Waals surface area (Å²) in [5.41, 5.74) is 0. The van der Waals surface area contributed by atoms with Gasteiger partial charge >= 0.3 is 5.97 Å². The van der Waals surface area contributed by atoms with Crippen LogP contribution in [0.1, 0.15) is 6.42 Å². The van der Waals surface area contributed by atoms with Crippen LogP contribution in [0.3, 0.4) is 0 Å². The lowest BCUT2D eigenvalue weighted by molar-refractivity contribution is -0.138. The van der Waals surface area contributed by atoms with Crippen LogP contribution >= 0.6 is 12.2 Å². The smallest absolute Gasteiger partial charge is 0.311 e. The average Bonchev–Trinajstić information content (AvgIpc) is 1.65. The second kappa shape index (κ2) is 3.26. The number of ketones is 1. The third kappa shape index (κ3) is 3.42. The van der Waals surface area contributed by atoms with Gasteiger partial charge in [-0.25, -0.2) is 0 Å². The number of hydrogen-bond acceptors (Lipinski definition) is 3. The largest absolute Gasteiger partial charge is 0.481 e. The van der Waals surface area contributed by atoms with Gasteiger partial charge in [0.05, 0.1) is 0 Å². The van der Waals surface area contributed by atoms with Crippen LogP contribution in [0.15, 0.2) is 0 Å². The summed E-state index contributed by atoms with van der Waals surface area (Å²) in [4.78, 5) is 19.8. The van der Waals surface area contributed by atoms with Crippen molar-refractivity contribution in [2.45, 2.75) is 6.42 Å². The van der Waals surface area contributed by atoms with Gasteiger partial charge in [-0.3, -0.25) is 9.59 Å². The Morgan fingerprint density at radius 2 is 2.12 bits per heavy atom. The molecule has 0 radical (unpaired) electrons. The van der Waals surface area contributed by atoms with Crippen LogP contribution in [0.25, 0.3) is 0 Å². The third-order valence-corrected chi connectivity index (χ3v) is 0.720. The quantitative estimate of drug-likeness (QED) is 0.434. The van der Waals surface area contributed by atoms with Crippen LogP contribution in [0.4, 0.5) is 0 Å². The predicted molar refractivity (Wildman–Crippen MR) is 30.9 cm³/mol. The van der Waals surface area contributed by atoms with E-state index in [2.05, 4.69) is 12.2 Å². The van der Waals surface area contributed by atoms with E-state index in [0.717, 1.165) is 5.37 Å². The normalized spacial score (nSPS) is 8.00. The van der Waals surface area contributed by atoms with Crippen LogP contribution in [0.5, 0.6) is 0 Å². The zero-order chi connectivity index (χ0) is 6.57. The first-order chi connectivity index (χ1) is 3.66. The molecule has 0 rings (SSSR count). The molecule has 0 aromatic carbocycles. The molecule has 0 atom stereocenters. The first-order valence-corrected chi connectivity index (χ1v) is 2.33. The summed E-state index contributed by atoms with van der Waals surface area (Å²) in [5.74, 6) is -1.68. The Bertz CT molecular complexity index is 129. The van der Waals surface area contributed by atoms with Gasteiger partial charge in [-0.1, -0.05) is 12.2 Å². The van der Waals surface area contributed by atoms with Crippen molar-refractivity contribution in [1.29, 1.82) is 0 Å². The number of carboxylic acid groups (broad SMARTS) is 1. The monoisotopic (exact) mass is 132 g/mol. The number of Topliss-reactive ketones (excluding diaryl/α,β-unsaturated/α-hetero) is 1. The second-order valence-electron chi connectivity index (χ2n) is 1.15. The molecule has 0 aromatic heterocycles. The van der Waals surface area contributed by atoms with Gasteiger partial charge in [-0.05, 0) is 0 Å². The minimum atomic E-state index is -1.14. The van der Waals surface area contributed by atoms with E-state index in [0.29, 0.717) is 0 Å². The molecule has 0 amide bonds. The van der Waals surface area contributed by atoms with E-state index in [1.807, 2.05) is 0 Å². The van der Waals surface area contributed by atoms with Crippen LogP contribution in [-0.2, 0) is 9.59 Å². The fourth-order valence-electron chi connectivity index (χ4n) is 0.191. The minimum absolute atomic E-state index is 0.497. The summed E-state index contributed by atoms with van der Waals surface area (Å²) < 4.78 is 0. The molecule has 1 N–H and O–H groups in total. The summed E-state index contributed by atoms with van der Waals surface area (Å²) >= 11 is 4.16. The van der Waals surface area contributed by atoms with E-state index in [1.165, 1.54) is 0 Å². The Hall–Kier alpha value is -0.770. The maximum Gasteiger partial charge on any atom is 0.311 e. The third-order valence-electron chi connectivity index (χ3n) is 0.457. The molecule has 0 unspecified atom stereocenters. The molecule has 44 valence electrons. The Morgan fingerprint density at radius 3 is 2.25 bits per heavy atom. The molecule has 0 fully saturated rings. The van der Waals surface area contributed by atoms with Gasteiger partial charge in [0.2, 0.25) is 0 Å². The van der Waals surface area contributed by atoms with Gasteiger partial charge in [0, 0.05) is 5.37 Å². The maximum atomic E-state index is 10.1. The molecule has 3 nitrogen and oxygen atoms in total. The molecular weight excluding hydrogens is 128 g/mol. The van der Waals surface area contributed by atoms with Crippen molar-refractivity contribution >= 4 is 29.3 Å². The highest BCUT2D eigenvalue weighted by molar-refractivity contribution is 7.80. The minimum Gasteiger partial charge on any atom is -0.481 e. The van der Waals surface area contributed by atoms with Crippen molar-refractivity contribution in [3.05, 3.63) is 0 Å². The van der Waals surface area contributed by atoms with Gasteiger partial charge in [-0.15, -0.1) is 0 Å². The van der Waals surface area contributed by atoms with Gasteiger partial charge in [0.25, 0.3) is 0 Å². The number of aliphatic carboxylic acids is 1. The lowest BCUT2D eigenvalue weighted by Crippen LogP contribution is -2.05. The second-order valence-corrected chi connectivity index (χ2v) is 1.39. The number of carboxylic acids is 1. The molecule has 0 aliphatic rings. The van der Waals surface area contributed by atoms with Crippen LogP contribution < -0.4 is 0 Å². The van der Waals surface area contributed by atoms with Crippen molar-refractivity contribution < 1.29 is 14.7 Å². The van der Waals surface area contributed by atoms with Crippen LogP contribution in [0.2, 0.25) is 0 Å². The summed E-state index contributed by atoms with van der Waals surface area (Å²) in [6, 6.07) is 0. The molecule has 0 spiro atoms. The average molecular weight is 132 g/mol. The van der Waals surface area contributed by atoms with Crippen LogP contribution in [0, 0.1) is 0 Å². The number of carbonyl (C=O) groups excluding carboxylic acids is 1. The summed E-state index contributed by atoms with van der Waals surface area (Å²) in [6.07, 6.45) is -0.497. The predicted octanol–water partition coefficient (Wildman–Crippen LogP) is 0.0299. The highest BCUT2D eigenvalue weighted by Crippen LogP contribution is 1.77. The molecule has 4 heteroatoms. The van der Waals surface area contributed by atoms with E-state index in [9.17, 15) is 9.59 Å². The molecule has 0 bridgehead atoms. The zero-order valence-corrected chi connectivity index (χ0v) is 4.77. The van der Waals surface area contributed by atoms with E-state index in [-0.39, 0.29) is 0 Å². The topological polar surface area (TPSA) is 54.4 Å². The zero-order valence-electron chi connectivity index (χ0n) is 3.96. The molecule has 0 saturated heterocycles. The highest BCUT2D eigenvalue weighted by atomic mass is 32.1. The SMILES string of the molecule is O=C(O)CC(=O)C=S. The molecule has 0 heterocycles. The van der Waals surface area contributed by atoms with Gasteiger partial charge in [-0.2, -0.15) is 0 Å². The molecule has 8 heavy (non-hydrogen) atoms. The standard InChI is InChI=1S/C4H4O3S/c5-3(2-8)1-4(6)7/h2H,1H2,(H,6,7). The van der Waals surface area contributed by atoms with Crippen molar-refractivity contribution in [2.75, 3.05) is 0 Å². The molecular formula is C4H4O3S. The lowest BCUT2D eigenvalue weighted by Gasteiger charge is -1.81. The fourth-order valence-corrected chi connectivity index (χ4v) is 0.274. The van der Waals surface area contributed by atoms with Crippen molar-refractivity contribution in [3.63, 3.8) is 0 Å². The Morgan fingerprint density at radius 1 is 1.62 bits per heavy atom. The Kier molecular flexibility index (Phi) is 2.95. The van der Waals surface area contributed by atoms with Crippen molar-refractivity contribution in [2.24, 2.45) is 0 Å². The summed E-state index contributed by atoms with van der Waals surface area (Å²) in [5, 5.41) is 8.76. The van der Waals surface area contributed by atoms with Crippen molar-refractivity contribution in [3.8, 4) is 0 Å². The Balaban J connectivity index is 3.55. The van der Waals surface area contributed by atoms with Gasteiger partial charge < -0.3 is 5.11 Å². The van der Waals surface area contributed by atoms with E-state index in [4.69, 9.17) is 5.11 Å². The first-order valence-electron chi connectivity index (χ1n) is 1.86. The molecule has 0 aromatic rings. The van der Waals surface area contributed by atoms with E-state index >= 15 is 0 Å². The van der Waals surface area contributed by atoms with E-state index < -0.39 is 18.2 Å². The number of rotatable bonds is 3. The van der Waals surface area contributed by atoms with E-state index in [1.54, 1.807) is 0 Å². The molecule has 0 aliphatic heterocycles. The number of carbonyl (C=O) groups is 2. The Labute approximate surface area is 51.3 Å². The number of hydrogen-bond donors (Lipinski definition) is 1. The number of thiocarbonyl (C=S) groups is 1. The molecule has 0 saturated carbocycles. The van der Waals surface area contributed by atoms with Crippen LogP contribution in [-0.4, -0.2) is 22.2 Å². The molecule has 0 aliphatic carbocycles. The van der Waals surface area contributed by atoms with Gasteiger partial charge in [0.1, 0.15) is 6.42 Å². The van der Waals surface area contributed by atoms with Gasteiger partial charge in [0.15, 0.2) is 5.78 Å². The summed E-state index contributed by atoms with van der Waals surface area (Å²) in [6.45, 7) is 0. The first kappa shape index (κ1) is 7.23. The summed E-state index contributed by atoms with van der Waals surface area (Å²) in [7, 11) is 0.